The van der Waals surface area contributed by atoms with Gasteiger partial charge < -0.3 is 20.3 Å². The summed E-state index contributed by atoms with van der Waals surface area (Å²) in [5, 5.41) is 0. The maximum atomic E-state index is 13.5. The predicted octanol–water partition coefficient (Wildman–Crippen LogP) is 3.83. The SMILES string of the molecule is CN1c2c(cc(N)cc2C(F)(F)F)C2CN(C(=O)OC(C)(C)C)CCC21. The molecule has 0 aromatic heterocycles. The third-order valence-corrected chi connectivity index (χ3v) is 4.94. The molecule has 8 heteroatoms. The Bertz CT molecular complexity index is 728. The molecule has 0 radical (unpaired) electrons. The standard InChI is InChI=1S/C18H24F3N3O2/c1-17(2,3)26-16(25)24-6-5-14-12(9-24)11-7-10(22)8-13(18(19,20)21)15(11)23(14)4/h7-8,12,14H,5-6,9,22H2,1-4H3. The molecule has 1 fully saturated rings. The number of amides is 1. The van der Waals surface area contributed by atoms with Crippen molar-refractivity contribution in [3.8, 4) is 0 Å². The molecule has 26 heavy (non-hydrogen) atoms. The van der Waals surface area contributed by atoms with Crippen molar-refractivity contribution in [3.05, 3.63) is 23.3 Å². The molecule has 0 saturated carbocycles. The highest BCUT2D eigenvalue weighted by Crippen LogP contribution is 2.50. The van der Waals surface area contributed by atoms with Gasteiger partial charge in [-0.2, -0.15) is 13.2 Å². The first-order valence-corrected chi connectivity index (χ1v) is 8.60. The van der Waals surface area contributed by atoms with Crippen LogP contribution in [0.3, 0.4) is 0 Å². The Morgan fingerprint density at radius 1 is 1.27 bits per heavy atom. The van der Waals surface area contributed by atoms with E-state index < -0.39 is 23.4 Å². The number of carbonyl (C=O) groups is 1. The number of nitrogen functional groups attached to an aromatic ring is 1. The van der Waals surface area contributed by atoms with E-state index in [1.54, 1.807) is 43.7 Å². The van der Waals surface area contributed by atoms with E-state index in [0.717, 1.165) is 6.07 Å². The van der Waals surface area contributed by atoms with Gasteiger partial charge in [0, 0.05) is 37.8 Å². The molecule has 2 aliphatic heterocycles. The number of nitrogens with two attached hydrogens (primary N) is 1. The normalized spacial score (nSPS) is 22.9. The minimum Gasteiger partial charge on any atom is -0.444 e. The van der Waals surface area contributed by atoms with Crippen LogP contribution in [-0.4, -0.2) is 42.8 Å². The zero-order chi connectivity index (χ0) is 19.4. The summed E-state index contributed by atoms with van der Waals surface area (Å²) >= 11 is 0. The monoisotopic (exact) mass is 371 g/mol. The largest absolute Gasteiger partial charge is 0.444 e. The van der Waals surface area contributed by atoms with Crippen LogP contribution in [0.2, 0.25) is 0 Å². The van der Waals surface area contributed by atoms with Gasteiger partial charge in [-0.15, -0.1) is 0 Å². The Balaban J connectivity index is 1.94. The third kappa shape index (κ3) is 3.29. The van der Waals surface area contributed by atoms with Crippen LogP contribution in [0.25, 0.3) is 0 Å². The number of likely N-dealkylation sites (N-methyl/N-ethyl adjacent to an activating group) is 1. The molecule has 2 aliphatic rings. The van der Waals surface area contributed by atoms with Gasteiger partial charge in [0.1, 0.15) is 5.60 Å². The van der Waals surface area contributed by atoms with Crippen molar-refractivity contribution in [3.63, 3.8) is 0 Å². The summed E-state index contributed by atoms with van der Waals surface area (Å²) in [6.07, 6.45) is -4.34. The maximum Gasteiger partial charge on any atom is 0.418 e. The minimum atomic E-state index is -4.48. The topological polar surface area (TPSA) is 58.8 Å². The van der Waals surface area contributed by atoms with Crippen LogP contribution in [0.15, 0.2) is 12.1 Å². The lowest BCUT2D eigenvalue weighted by atomic mass is 9.88. The van der Waals surface area contributed by atoms with Crippen LogP contribution in [0.4, 0.5) is 29.3 Å². The second kappa shape index (κ2) is 5.96. The summed E-state index contributed by atoms with van der Waals surface area (Å²) in [4.78, 5) is 15.6. The Labute approximate surface area is 150 Å². The average molecular weight is 371 g/mol. The highest BCUT2D eigenvalue weighted by molar-refractivity contribution is 5.73. The third-order valence-electron chi connectivity index (χ3n) is 4.94. The Kier molecular flexibility index (Phi) is 4.28. The molecule has 0 bridgehead atoms. The molecule has 2 unspecified atom stereocenters. The lowest BCUT2D eigenvalue weighted by Crippen LogP contribution is -2.48. The Hall–Kier alpha value is -2.12. The van der Waals surface area contributed by atoms with E-state index in [9.17, 15) is 18.0 Å². The predicted molar refractivity (Wildman–Crippen MR) is 93.2 cm³/mol. The highest BCUT2D eigenvalue weighted by Gasteiger charge is 2.47. The Morgan fingerprint density at radius 2 is 1.92 bits per heavy atom. The molecule has 0 spiro atoms. The molecule has 2 N–H and O–H groups in total. The molecule has 1 amide bonds. The fourth-order valence-electron chi connectivity index (χ4n) is 3.94. The van der Waals surface area contributed by atoms with Crippen molar-refractivity contribution in [1.82, 2.24) is 4.90 Å². The van der Waals surface area contributed by atoms with E-state index in [1.807, 2.05) is 0 Å². The summed E-state index contributed by atoms with van der Waals surface area (Å²) in [7, 11) is 1.68. The summed E-state index contributed by atoms with van der Waals surface area (Å²) in [6.45, 7) is 6.12. The smallest absolute Gasteiger partial charge is 0.418 e. The quantitative estimate of drug-likeness (QED) is 0.704. The first-order chi connectivity index (χ1) is 11.9. The molecule has 3 rings (SSSR count). The van der Waals surface area contributed by atoms with E-state index in [2.05, 4.69) is 0 Å². The van der Waals surface area contributed by atoms with Gasteiger partial charge in [0.2, 0.25) is 0 Å². The van der Waals surface area contributed by atoms with Gasteiger partial charge in [-0.05, 0) is 44.9 Å². The molecule has 0 aliphatic carbocycles. The number of alkyl halides is 3. The highest BCUT2D eigenvalue weighted by atomic mass is 19.4. The van der Waals surface area contributed by atoms with Crippen molar-refractivity contribution in [2.24, 2.45) is 0 Å². The summed E-state index contributed by atoms with van der Waals surface area (Å²) in [5.74, 6) is -0.221. The van der Waals surface area contributed by atoms with Crippen molar-refractivity contribution >= 4 is 17.5 Å². The van der Waals surface area contributed by atoms with Gasteiger partial charge >= 0.3 is 12.3 Å². The van der Waals surface area contributed by atoms with Crippen LogP contribution < -0.4 is 10.6 Å². The number of hydrogen-bond donors (Lipinski definition) is 1. The van der Waals surface area contributed by atoms with E-state index in [-0.39, 0.29) is 23.3 Å². The van der Waals surface area contributed by atoms with Crippen LogP contribution in [0.1, 0.15) is 44.2 Å². The first kappa shape index (κ1) is 18.7. The van der Waals surface area contributed by atoms with Gasteiger partial charge in [0.25, 0.3) is 0 Å². The van der Waals surface area contributed by atoms with Gasteiger partial charge in [-0.1, -0.05) is 0 Å². The van der Waals surface area contributed by atoms with Crippen LogP contribution in [0, 0.1) is 0 Å². The van der Waals surface area contributed by atoms with Crippen molar-refractivity contribution < 1.29 is 22.7 Å². The fraction of sp³-hybridized carbons (Fsp3) is 0.611. The summed E-state index contributed by atoms with van der Waals surface area (Å²) in [5.41, 5.74) is 5.23. The van der Waals surface area contributed by atoms with Gasteiger partial charge in [-0.3, -0.25) is 0 Å². The second-order valence-electron chi connectivity index (χ2n) is 8.00. The van der Waals surface area contributed by atoms with Crippen LogP contribution in [-0.2, 0) is 10.9 Å². The van der Waals surface area contributed by atoms with Crippen molar-refractivity contribution in [1.29, 1.82) is 0 Å². The maximum absolute atomic E-state index is 13.5. The molecular formula is C18H24F3N3O2. The number of nitrogens with zero attached hydrogens (tertiary/aromatic N) is 2. The number of halogens is 3. The molecule has 144 valence electrons. The molecule has 2 atom stereocenters. The lowest BCUT2D eigenvalue weighted by Gasteiger charge is -2.38. The molecule has 2 heterocycles. The number of benzene rings is 1. The number of likely N-dealkylation sites (tertiary alicyclic amines) is 1. The van der Waals surface area contributed by atoms with Crippen molar-refractivity contribution in [2.75, 3.05) is 30.8 Å². The van der Waals surface area contributed by atoms with Crippen LogP contribution >= 0.6 is 0 Å². The zero-order valence-corrected chi connectivity index (χ0v) is 15.4. The first-order valence-electron chi connectivity index (χ1n) is 8.60. The number of fused-ring (bicyclic) bond motifs is 3. The Morgan fingerprint density at radius 3 is 2.50 bits per heavy atom. The van der Waals surface area contributed by atoms with E-state index in [1.165, 1.54) is 0 Å². The van der Waals surface area contributed by atoms with Crippen molar-refractivity contribution in [2.45, 2.75) is 50.9 Å². The number of carbonyl (C=O) groups excluding carboxylic acids is 1. The fourth-order valence-corrected chi connectivity index (χ4v) is 3.94. The lowest BCUT2D eigenvalue weighted by molar-refractivity contribution is -0.137. The van der Waals surface area contributed by atoms with Crippen LogP contribution in [0.5, 0.6) is 0 Å². The van der Waals surface area contributed by atoms with E-state index in [0.29, 0.717) is 25.1 Å². The minimum absolute atomic E-state index is 0.0829. The number of hydrogen-bond acceptors (Lipinski definition) is 4. The van der Waals surface area contributed by atoms with E-state index >= 15 is 0 Å². The molecule has 1 aromatic rings. The van der Waals surface area contributed by atoms with Gasteiger partial charge in [-0.25, -0.2) is 4.79 Å². The van der Waals surface area contributed by atoms with Gasteiger partial charge in [0.15, 0.2) is 0 Å². The van der Waals surface area contributed by atoms with E-state index in [4.69, 9.17) is 10.5 Å². The van der Waals surface area contributed by atoms with Gasteiger partial charge in [0.05, 0.1) is 11.3 Å². The number of rotatable bonds is 0. The molecular weight excluding hydrogens is 347 g/mol. The molecule has 1 saturated heterocycles. The number of anilines is 2. The summed E-state index contributed by atoms with van der Waals surface area (Å²) in [6, 6.07) is 2.49. The second-order valence-corrected chi connectivity index (χ2v) is 8.00. The zero-order valence-electron chi connectivity index (χ0n) is 15.4. The molecule has 1 aromatic carbocycles. The number of piperidine rings is 1. The average Bonchev–Trinajstić information content (AvgIpc) is 2.76. The summed E-state index contributed by atoms with van der Waals surface area (Å²) < 4.78 is 45.9. The molecule has 5 nitrogen and oxygen atoms in total. The number of ether oxygens (including phenoxy) is 1.